The van der Waals surface area contributed by atoms with Crippen molar-refractivity contribution in [1.82, 2.24) is 0 Å². The largest absolute Gasteiger partial charge is 0.329 e. The summed E-state index contributed by atoms with van der Waals surface area (Å²) in [7, 11) is 0. The van der Waals surface area contributed by atoms with Gasteiger partial charge in [0.1, 0.15) is 0 Å². The minimum Gasteiger partial charge on any atom is -0.329 e. The maximum Gasteiger partial charge on any atom is 0.0461 e. The van der Waals surface area contributed by atoms with Crippen LogP contribution < -0.4 is 5.73 Å². The third-order valence-electron chi connectivity index (χ3n) is 1.91. The van der Waals surface area contributed by atoms with Crippen LogP contribution in [0.4, 0.5) is 0 Å². The van der Waals surface area contributed by atoms with Crippen molar-refractivity contribution < 1.29 is 0 Å². The zero-order valence-corrected chi connectivity index (χ0v) is 10.3. The van der Waals surface area contributed by atoms with Crippen molar-refractivity contribution in [3.8, 4) is 0 Å². The van der Waals surface area contributed by atoms with Crippen molar-refractivity contribution in [2.24, 2.45) is 5.73 Å². The first-order valence-corrected chi connectivity index (χ1v) is 6.20. The molecule has 1 aromatic carbocycles. The van der Waals surface area contributed by atoms with Crippen LogP contribution in [0.25, 0.3) is 0 Å². The number of thioether (sulfide) groups is 1. The van der Waals surface area contributed by atoms with Crippen LogP contribution in [-0.4, -0.2) is 11.8 Å². The van der Waals surface area contributed by atoms with Crippen molar-refractivity contribution in [2.75, 3.05) is 6.54 Å². The van der Waals surface area contributed by atoms with Gasteiger partial charge in [-0.15, -0.1) is 0 Å². The average Bonchev–Trinajstić information content (AvgIpc) is 2.16. The number of nitrogens with two attached hydrogens (primary N) is 1. The molecule has 0 aliphatic carbocycles. The molecule has 14 heavy (non-hydrogen) atoms. The monoisotopic (exact) mass is 249 g/mol. The summed E-state index contributed by atoms with van der Waals surface area (Å²) in [6.07, 6.45) is 0. The van der Waals surface area contributed by atoms with Gasteiger partial charge in [0.05, 0.1) is 0 Å². The Labute approximate surface area is 99.0 Å². The van der Waals surface area contributed by atoms with Gasteiger partial charge in [0.2, 0.25) is 0 Å². The van der Waals surface area contributed by atoms with E-state index in [4.69, 9.17) is 28.9 Å². The van der Waals surface area contributed by atoms with Gasteiger partial charge in [-0.3, -0.25) is 0 Å². The number of halogens is 2. The van der Waals surface area contributed by atoms with E-state index < -0.39 is 0 Å². The number of benzene rings is 1. The second kappa shape index (κ2) is 5.86. The lowest BCUT2D eigenvalue weighted by Crippen LogP contribution is -2.12. The summed E-state index contributed by atoms with van der Waals surface area (Å²) in [5.41, 5.74) is 6.53. The summed E-state index contributed by atoms with van der Waals surface area (Å²) in [6.45, 7) is 2.77. The third-order valence-corrected chi connectivity index (χ3v) is 3.83. The first-order valence-electron chi connectivity index (χ1n) is 4.39. The normalized spacial score (nSPS) is 12.9. The average molecular weight is 250 g/mol. The minimum atomic E-state index is 0.433. The Kier molecular flexibility index (Phi) is 5.10. The molecule has 1 unspecified atom stereocenters. The molecule has 0 amide bonds. The fourth-order valence-electron chi connectivity index (χ4n) is 0.964. The Morgan fingerprint density at radius 2 is 1.93 bits per heavy atom. The molecule has 0 aromatic heterocycles. The fourth-order valence-corrected chi connectivity index (χ4v) is 2.55. The van der Waals surface area contributed by atoms with Crippen molar-refractivity contribution in [2.45, 2.75) is 17.9 Å². The first-order chi connectivity index (χ1) is 6.65. The van der Waals surface area contributed by atoms with E-state index in [1.807, 2.05) is 18.2 Å². The predicted octanol–water partition coefficient (Wildman–Crippen LogP) is 3.57. The van der Waals surface area contributed by atoms with Crippen molar-refractivity contribution in [3.63, 3.8) is 0 Å². The van der Waals surface area contributed by atoms with Gasteiger partial charge in [-0.2, -0.15) is 11.8 Å². The van der Waals surface area contributed by atoms with Gasteiger partial charge in [-0.05, 0) is 17.7 Å². The second-order valence-electron chi connectivity index (χ2n) is 3.06. The SMILES string of the molecule is CC(CN)SCc1c(Cl)cccc1Cl. The highest BCUT2D eigenvalue weighted by Gasteiger charge is 2.07. The van der Waals surface area contributed by atoms with Crippen LogP contribution in [0, 0.1) is 0 Å². The standard InChI is InChI=1S/C10H13Cl2NS/c1-7(5-13)14-6-8-9(11)3-2-4-10(8)12/h2-4,7H,5-6,13H2,1H3. The van der Waals surface area contributed by atoms with Crippen LogP contribution in [0.1, 0.15) is 12.5 Å². The maximum absolute atomic E-state index is 6.03. The van der Waals surface area contributed by atoms with Crippen LogP contribution in [0.15, 0.2) is 18.2 Å². The molecule has 0 radical (unpaired) electrons. The summed E-state index contributed by atoms with van der Waals surface area (Å²) in [6, 6.07) is 5.57. The predicted molar refractivity (Wildman–Crippen MR) is 66.3 cm³/mol. The molecule has 0 bridgehead atoms. The Morgan fingerprint density at radius 1 is 1.36 bits per heavy atom. The quantitative estimate of drug-likeness (QED) is 0.883. The van der Waals surface area contributed by atoms with Gasteiger partial charge in [0.15, 0.2) is 0 Å². The minimum absolute atomic E-state index is 0.433. The number of hydrogen-bond acceptors (Lipinski definition) is 2. The van der Waals surface area contributed by atoms with E-state index in [-0.39, 0.29) is 0 Å². The van der Waals surface area contributed by atoms with Crippen LogP contribution in [-0.2, 0) is 5.75 Å². The molecule has 0 heterocycles. The molecular weight excluding hydrogens is 237 g/mol. The zero-order chi connectivity index (χ0) is 10.6. The molecule has 78 valence electrons. The van der Waals surface area contributed by atoms with Gasteiger partial charge in [0.25, 0.3) is 0 Å². The molecule has 0 fully saturated rings. The fraction of sp³-hybridized carbons (Fsp3) is 0.400. The first kappa shape index (κ1) is 12.2. The van der Waals surface area contributed by atoms with E-state index in [1.54, 1.807) is 11.8 Å². The molecule has 1 nitrogen and oxygen atoms in total. The highest BCUT2D eigenvalue weighted by atomic mass is 35.5. The van der Waals surface area contributed by atoms with Crippen molar-refractivity contribution >= 4 is 35.0 Å². The highest BCUT2D eigenvalue weighted by Crippen LogP contribution is 2.29. The smallest absolute Gasteiger partial charge is 0.0461 e. The molecule has 4 heteroatoms. The summed E-state index contributed by atoms with van der Waals surface area (Å²) in [5.74, 6) is 0.816. The molecule has 1 atom stereocenters. The topological polar surface area (TPSA) is 26.0 Å². The molecule has 0 saturated heterocycles. The Hall–Kier alpha value is 0.110. The molecule has 0 saturated carbocycles. The Balaban J connectivity index is 2.66. The van der Waals surface area contributed by atoms with Crippen molar-refractivity contribution in [3.05, 3.63) is 33.8 Å². The molecule has 2 N–H and O–H groups in total. The summed E-state index contributed by atoms with van der Waals surface area (Å²) >= 11 is 13.8. The number of hydrogen-bond donors (Lipinski definition) is 1. The zero-order valence-electron chi connectivity index (χ0n) is 7.97. The third kappa shape index (κ3) is 3.35. The molecule has 0 aliphatic heterocycles. The summed E-state index contributed by atoms with van der Waals surface area (Å²) < 4.78 is 0. The molecule has 0 spiro atoms. The van der Waals surface area contributed by atoms with E-state index in [2.05, 4.69) is 6.92 Å². The van der Waals surface area contributed by atoms with Gasteiger partial charge in [0, 0.05) is 27.6 Å². The molecule has 1 aromatic rings. The molecule has 0 aliphatic rings. The van der Waals surface area contributed by atoms with Crippen LogP contribution in [0.2, 0.25) is 10.0 Å². The Bertz CT molecular complexity index is 284. The van der Waals surface area contributed by atoms with E-state index in [0.717, 1.165) is 21.4 Å². The van der Waals surface area contributed by atoms with E-state index in [0.29, 0.717) is 11.8 Å². The second-order valence-corrected chi connectivity index (χ2v) is 5.30. The lowest BCUT2D eigenvalue weighted by Gasteiger charge is -2.10. The van der Waals surface area contributed by atoms with E-state index >= 15 is 0 Å². The van der Waals surface area contributed by atoms with Gasteiger partial charge < -0.3 is 5.73 Å². The van der Waals surface area contributed by atoms with Crippen LogP contribution in [0.3, 0.4) is 0 Å². The lowest BCUT2D eigenvalue weighted by atomic mass is 10.2. The van der Waals surface area contributed by atoms with E-state index in [1.165, 1.54) is 0 Å². The highest BCUT2D eigenvalue weighted by molar-refractivity contribution is 7.99. The van der Waals surface area contributed by atoms with Crippen LogP contribution >= 0.6 is 35.0 Å². The van der Waals surface area contributed by atoms with Crippen molar-refractivity contribution in [1.29, 1.82) is 0 Å². The number of rotatable bonds is 4. The summed E-state index contributed by atoms with van der Waals surface area (Å²) in [4.78, 5) is 0. The van der Waals surface area contributed by atoms with Crippen LogP contribution in [0.5, 0.6) is 0 Å². The Morgan fingerprint density at radius 3 is 2.43 bits per heavy atom. The molecule has 1 rings (SSSR count). The van der Waals surface area contributed by atoms with Gasteiger partial charge >= 0.3 is 0 Å². The van der Waals surface area contributed by atoms with Gasteiger partial charge in [-0.25, -0.2) is 0 Å². The maximum atomic E-state index is 6.03. The van der Waals surface area contributed by atoms with E-state index in [9.17, 15) is 0 Å². The van der Waals surface area contributed by atoms with Gasteiger partial charge in [-0.1, -0.05) is 36.2 Å². The lowest BCUT2D eigenvalue weighted by molar-refractivity contribution is 0.951. The summed E-state index contributed by atoms with van der Waals surface area (Å²) in [5, 5.41) is 1.89. The molecular formula is C10H13Cl2NS.